The Morgan fingerprint density at radius 1 is 1.50 bits per heavy atom. The van der Waals surface area contributed by atoms with E-state index >= 15 is 0 Å². The van der Waals surface area contributed by atoms with Crippen LogP contribution in [0.15, 0.2) is 18.2 Å². The van der Waals surface area contributed by atoms with Crippen molar-refractivity contribution < 1.29 is 19.1 Å². The second-order valence-corrected chi connectivity index (χ2v) is 5.25. The topological polar surface area (TPSA) is 69.6 Å². The van der Waals surface area contributed by atoms with Gasteiger partial charge in [-0.3, -0.25) is 4.79 Å². The fourth-order valence-electron chi connectivity index (χ4n) is 1.98. The third-order valence-electron chi connectivity index (χ3n) is 3.47. The number of hydrogen-bond acceptors (Lipinski definition) is 2. The van der Waals surface area contributed by atoms with Crippen molar-refractivity contribution in [1.29, 1.82) is 0 Å². The zero-order valence-corrected chi connectivity index (χ0v) is 11.5. The number of anilines is 1. The second kappa shape index (κ2) is 5.66. The van der Waals surface area contributed by atoms with Gasteiger partial charge in [-0.25, -0.2) is 9.18 Å². The van der Waals surface area contributed by atoms with Crippen LogP contribution in [0, 0.1) is 17.7 Å². The Kier molecular flexibility index (Phi) is 4.13. The molecule has 2 amide bonds. The highest BCUT2D eigenvalue weighted by atomic mass is 35.5. The average molecular weight is 301 g/mol. The van der Waals surface area contributed by atoms with Gasteiger partial charge >= 0.3 is 12.0 Å². The summed E-state index contributed by atoms with van der Waals surface area (Å²) in [7, 11) is 0. The molecule has 7 heteroatoms. The molecular formula is C13H14ClFN2O3. The lowest BCUT2D eigenvalue weighted by Crippen LogP contribution is -2.54. The molecule has 2 rings (SSSR count). The maximum absolute atomic E-state index is 12.9. The molecule has 1 atom stereocenters. The number of nitrogens with zero attached hydrogens (tertiary/aromatic N) is 1. The van der Waals surface area contributed by atoms with Crippen LogP contribution in [0.4, 0.5) is 14.9 Å². The first kappa shape index (κ1) is 14.6. The van der Waals surface area contributed by atoms with E-state index in [1.54, 1.807) is 6.92 Å². The number of carboxylic acids is 1. The van der Waals surface area contributed by atoms with Crippen molar-refractivity contribution in [3.63, 3.8) is 0 Å². The number of aliphatic carboxylic acids is 1. The predicted molar refractivity (Wildman–Crippen MR) is 72.3 cm³/mol. The molecule has 0 aliphatic carbocycles. The maximum atomic E-state index is 12.9. The Balaban J connectivity index is 1.90. The van der Waals surface area contributed by atoms with E-state index in [9.17, 15) is 14.0 Å². The van der Waals surface area contributed by atoms with Gasteiger partial charge in [0.05, 0.1) is 16.6 Å². The normalized spacial score (nSPS) is 16.4. The van der Waals surface area contributed by atoms with Crippen LogP contribution in [-0.4, -0.2) is 35.1 Å². The molecule has 1 aliphatic rings. The first-order chi connectivity index (χ1) is 9.38. The Morgan fingerprint density at radius 2 is 2.15 bits per heavy atom. The van der Waals surface area contributed by atoms with Gasteiger partial charge in [-0.2, -0.15) is 0 Å². The molecule has 1 unspecified atom stereocenters. The molecular weight excluding hydrogens is 287 g/mol. The summed E-state index contributed by atoms with van der Waals surface area (Å²) in [4.78, 5) is 24.2. The van der Waals surface area contributed by atoms with Crippen molar-refractivity contribution in [2.24, 2.45) is 11.8 Å². The van der Waals surface area contributed by atoms with Crippen LogP contribution < -0.4 is 5.32 Å². The van der Waals surface area contributed by atoms with E-state index in [0.717, 1.165) is 6.07 Å². The Labute approximate surface area is 120 Å². The number of rotatable bonds is 3. The lowest BCUT2D eigenvalue weighted by Gasteiger charge is -2.41. The number of likely N-dealkylation sites (tertiary alicyclic amines) is 1. The van der Waals surface area contributed by atoms with Crippen LogP contribution >= 0.6 is 11.6 Å². The highest BCUT2D eigenvalue weighted by Crippen LogP contribution is 2.27. The number of amides is 2. The van der Waals surface area contributed by atoms with Crippen LogP contribution in [0.1, 0.15) is 6.92 Å². The molecule has 0 spiro atoms. The van der Waals surface area contributed by atoms with Gasteiger partial charge in [0.1, 0.15) is 5.82 Å². The minimum atomic E-state index is -0.864. The first-order valence-electron chi connectivity index (χ1n) is 6.12. The van der Waals surface area contributed by atoms with Crippen molar-refractivity contribution in [2.45, 2.75) is 6.92 Å². The summed E-state index contributed by atoms with van der Waals surface area (Å²) in [5.41, 5.74) is 0.327. The Morgan fingerprint density at radius 3 is 2.70 bits per heavy atom. The van der Waals surface area contributed by atoms with Gasteiger partial charge < -0.3 is 15.3 Å². The van der Waals surface area contributed by atoms with E-state index in [2.05, 4.69) is 5.32 Å². The molecule has 1 heterocycles. The van der Waals surface area contributed by atoms with Crippen LogP contribution in [0.5, 0.6) is 0 Å². The van der Waals surface area contributed by atoms with E-state index in [0.29, 0.717) is 18.8 Å². The third kappa shape index (κ3) is 3.01. The van der Waals surface area contributed by atoms with E-state index < -0.39 is 17.7 Å². The van der Waals surface area contributed by atoms with E-state index in [4.69, 9.17) is 16.7 Å². The van der Waals surface area contributed by atoms with Crippen LogP contribution in [0.2, 0.25) is 5.02 Å². The molecule has 20 heavy (non-hydrogen) atoms. The zero-order chi connectivity index (χ0) is 14.9. The fraction of sp³-hybridized carbons (Fsp3) is 0.385. The number of carbonyl (C=O) groups is 2. The van der Waals surface area contributed by atoms with Crippen LogP contribution in [-0.2, 0) is 4.79 Å². The van der Waals surface area contributed by atoms with Crippen molar-refractivity contribution in [2.75, 3.05) is 18.4 Å². The summed E-state index contributed by atoms with van der Waals surface area (Å²) in [5.74, 6) is -1.86. The number of carboxylic acid groups (broad SMARTS) is 1. The number of halogens is 2. The minimum Gasteiger partial charge on any atom is -0.481 e. The smallest absolute Gasteiger partial charge is 0.321 e. The summed E-state index contributed by atoms with van der Waals surface area (Å²) in [5, 5.41) is 11.6. The standard InChI is InChI=1S/C13H14ClFN2O3/c1-7(12(18)19)8-5-17(6-8)13(20)16-11-3-2-9(15)4-10(11)14/h2-4,7-8H,5-6H2,1H3,(H,16,20)(H,18,19). The van der Waals surface area contributed by atoms with Crippen molar-refractivity contribution in [1.82, 2.24) is 4.90 Å². The number of nitrogens with one attached hydrogen (secondary N) is 1. The lowest BCUT2D eigenvalue weighted by atomic mass is 9.87. The first-order valence-corrected chi connectivity index (χ1v) is 6.50. The van der Waals surface area contributed by atoms with Gasteiger partial charge in [-0.1, -0.05) is 18.5 Å². The highest BCUT2D eigenvalue weighted by molar-refractivity contribution is 6.33. The number of carbonyl (C=O) groups excluding carboxylic acids is 1. The quantitative estimate of drug-likeness (QED) is 0.901. The molecule has 5 nitrogen and oxygen atoms in total. The predicted octanol–water partition coefficient (Wildman–Crippen LogP) is 2.66. The number of urea groups is 1. The monoisotopic (exact) mass is 300 g/mol. The van der Waals surface area contributed by atoms with Crippen molar-refractivity contribution in [3.05, 3.63) is 29.0 Å². The van der Waals surface area contributed by atoms with Crippen molar-refractivity contribution in [3.8, 4) is 0 Å². The number of benzene rings is 1. The molecule has 1 aromatic carbocycles. The van der Waals surface area contributed by atoms with Crippen molar-refractivity contribution >= 4 is 29.3 Å². The van der Waals surface area contributed by atoms with E-state index in [1.165, 1.54) is 17.0 Å². The molecule has 1 saturated heterocycles. The largest absolute Gasteiger partial charge is 0.481 e. The highest BCUT2D eigenvalue weighted by Gasteiger charge is 2.37. The van der Waals surface area contributed by atoms with Gasteiger partial charge in [0.2, 0.25) is 0 Å². The Hall–Kier alpha value is -1.82. The van der Waals surface area contributed by atoms with Gasteiger partial charge in [0, 0.05) is 19.0 Å². The summed E-state index contributed by atoms with van der Waals surface area (Å²) in [6.45, 7) is 2.40. The molecule has 0 saturated carbocycles. The summed E-state index contributed by atoms with van der Waals surface area (Å²) >= 11 is 5.81. The Bertz CT molecular complexity index is 546. The molecule has 1 aliphatic heterocycles. The van der Waals surface area contributed by atoms with E-state index in [-0.39, 0.29) is 17.0 Å². The SMILES string of the molecule is CC(C(=O)O)C1CN(C(=O)Nc2ccc(F)cc2Cl)C1. The fourth-order valence-corrected chi connectivity index (χ4v) is 2.20. The molecule has 1 fully saturated rings. The van der Waals surface area contributed by atoms with Gasteiger partial charge in [0.25, 0.3) is 0 Å². The summed E-state index contributed by atoms with van der Waals surface area (Å²) in [6.07, 6.45) is 0. The summed E-state index contributed by atoms with van der Waals surface area (Å²) in [6, 6.07) is 3.33. The third-order valence-corrected chi connectivity index (χ3v) is 3.78. The molecule has 1 aromatic rings. The van der Waals surface area contributed by atoms with Crippen LogP contribution in [0.3, 0.4) is 0 Å². The molecule has 0 radical (unpaired) electrons. The minimum absolute atomic E-state index is 0.0399. The number of hydrogen-bond donors (Lipinski definition) is 2. The molecule has 108 valence electrons. The van der Waals surface area contributed by atoms with Gasteiger partial charge in [-0.15, -0.1) is 0 Å². The zero-order valence-electron chi connectivity index (χ0n) is 10.8. The van der Waals surface area contributed by atoms with Gasteiger partial charge in [0.15, 0.2) is 0 Å². The van der Waals surface area contributed by atoms with E-state index in [1.807, 2.05) is 0 Å². The van der Waals surface area contributed by atoms with Gasteiger partial charge in [-0.05, 0) is 18.2 Å². The van der Waals surface area contributed by atoms with Crippen LogP contribution in [0.25, 0.3) is 0 Å². The second-order valence-electron chi connectivity index (χ2n) is 4.85. The average Bonchev–Trinajstić information content (AvgIpc) is 2.30. The maximum Gasteiger partial charge on any atom is 0.321 e. The summed E-state index contributed by atoms with van der Waals surface area (Å²) < 4.78 is 12.9. The lowest BCUT2D eigenvalue weighted by molar-refractivity contribution is -0.144. The molecule has 0 bridgehead atoms. The molecule has 0 aromatic heterocycles. The molecule has 2 N–H and O–H groups in total.